The van der Waals surface area contributed by atoms with Crippen LogP contribution in [0.1, 0.15) is 34.5 Å². The largest absolute Gasteiger partial charge is 0.457 e. The number of esters is 1. The maximum Gasteiger partial charge on any atom is 0.306 e. The van der Waals surface area contributed by atoms with E-state index in [1.165, 1.54) is 10.9 Å². The first-order valence-electron chi connectivity index (χ1n) is 9.44. The molecule has 4 rings (SSSR count). The quantitative estimate of drug-likeness (QED) is 0.363. The van der Waals surface area contributed by atoms with Crippen LogP contribution in [0.5, 0.6) is 0 Å². The van der Waals surface area contributed by atoms with Gasteiger partial charge in [-0.15, -0.1) is 0 Å². The molecule has 0 aliphatic rings. The van der Waals surface area contributed by atoms with Gasteiger partial charge in [0.1, 0.15) is 0 Å². The molecule has 0 spiro atoms. The van der Waals surface area contributed by atoms with Gasteiger partial charge in [0.2, 0.25) is 5.78 Å². The lowest BCUT2D eigenvalue weighted by Gasteiger charge is -2.05. The second kappa shape index (κ2) is 7.72. The minimum absolute atomic E-state index is 0.181. The summed E-state index contributed by atoms with van der Waals surface area (Å²) in [5, 5.41) is 2.04. The number of aryl methyl sites for hydroxylation is 2. The fraction of sp³-hybridized carbons (Fsp3) is 0.217. The van der Waals surface area contributed by atoms with Crippen LogP contribution in [0.15, 0.2) is 54.7 Å². The van der Waals surface area contributed by atoms with Crippen molar-refractivity contribution >= 4 is 33.6 Å². The summed E-state index contributed by atoms with van der Waals surface area (Å²) in [4.78, 5) is 31.1. The predicted octanol–water partition coefficient (Wildman–Crippen LogP) is 4.71. The second-order valence-electron chi connectivity index (χ2n) is 6.97. The topological polar surface area (TPSA) is 75.0 Å². The fourth-order valence-electron chi connectivity index (χ4n) is 3.69. The van der Waals surface area contributed by atoms with Gasteiger partial charge >= 0.3 is 5.97 Å². The molecule has 2 N–H and O–H groups in total. The van der Waals surface area contributed by atoms with Gasteiger partial charge in [0.05, 0.1) is 0 Å². The molecule has 0 fully saturated rings. The number of hydrogen-bond acceptors (Lipinski definition) is 3. The molecular formula is C23H22N2O3. The number of carbonyl (C=O) groups excluding carboxylic acids is 2. The highest BCUT2D eigenvalue weighted by Gasteiger charge is 2.17. The van der Waals surface area contributed by atoms with Crippen molar-refractivity contribution < 1.29 is 14.3 Å². The Balaban J connectivity index is 1.30. The molecule has 0 radical (unpaired) electrons. The van der Waals surface area contributed by atoms with Crippen molar-refractivity contribution in [2.45, 2.75) is 26.2 Å². The van der Waals surface area contributed by atoms with Crippen molar-refractivity contribution in [2.24, 2.45) is 0 Å². The fourth-order valence-corrected chi connectivity index (χ4v) is 3.69. The van der Waals surface area contributed by atoms with Crippen molar-refractivity contribution in [3.05, 3.63) is 71.5 Å². The van der Waals surface area contributed by atoms with Crippen LogP contribution in [0.4, 0.5) is 0 Å². The summed E-state index contributed by atoms with van der Waals surface area (Å²) < 4.78 is 5.23. The molecule has 0 bridgehead atoms. The monoisotopic (exact) mass is 374 g/mol. The maximum absolute atomic E-state index is 12.6. The highest BCUT2D eigenvalue weighted by atomic mass is 16.5. The number of carbonyl (C=O) groups is 2. The molecule has 5 heteroatoms. The summed E-state index contributed by atoms with van der Waals surface area (Å²) in [6.07, 6.45) is 3.74. The first-order valence-corrected chi connectivity index (χ1v) is 9.44. The summed E-state index contributed by atoms with van der Waals surface area (Å²) in [6, 6.07) is 15.7. The van der Waals surface area contributed by atoms with E-state index in [4.69, 9.17) is 4.74 Å². The third-order valence-corrected chi connectivity index (χ3v) is 5.04. The summed E-state index contributed by atoms with van der Waals surface area (Å²) >= 11 is 0. The number of ketones is 1. The molecule has 142 valence electrons. The number of Topliss-reactive ketones (excluding diaryl/α,β-unsaturated/α-hetero) is 1. The van der Waals surface area contributed by atoms with Gasteiger partial charge in [-0.1, -0.05) is 36.4 Å². The van der Waals surface area contributed by atoms with Crippen LogP contribution in [-0.4, -0.2) is 28.3 Å². The molecule has 0 amide bonds. The van der Waals surface area contributed by atoms with Crippen LogP contribution in [-0.2, 0) is 16.0 Å². The molecule has 0 atom stereocenters. The molecule has 2 aromatic heterocycles. The summed E-state index contributed by atoms with van der Waals surface area (Å²) in [6.45, 7) is 1.63. The zero-order valence-corrected chi connectivity index (χ0v) is 15.7. The summed E-state index contributed by atoms with van der Waals surface area (Å²) in [5.74, 6) is -0.523. The average Bonchev–Trinajstić information content (AvgIpc) is 3.26. The first-order chi connectivity index (χ1) is 13.6. The van der Waals surface area contributed by atoms with E-state index in [1.54, 1.807) is 0 Å². The van der Waals surface area contributed by atoms with Crippen LogP contribution < -0.4 is 0 Å². The van der Waals surface area contributed by atoms with E-state index in [2.05, 4.69) is 16.0 Å². The highest BCUT2D eigenvalue weighted by molar-refractivity contribution is 6.10. The Labute approximate surface area is 162 Å². The highest BCUT2D eigenvalue weighted by Crippen LogP contribution is 2.22. The smallest absolute Gasteiger partial charge is 0.306 e. The number of ether oxygens (including phenoxy) is 1. The zero-order chi connectivity index (χ0) is 19.5. The van der Waals surface area contributed by atoms with Crippen LogP contribution in [0.3, 0.4) is 0 Å². The number of fused-ring (bicyclic) bond motifs is 2. The van der Waals surface area contributed by atoms with Crippen LogP contribution in [0, 0.1) is 6.92 Å². The van der Waals surface area contributed by atoms with Crippen molar-refractivity contribution in [1.82, 2.24) is 9.97 Å². The SMILES string of the molecule is Cc1[nH]c2ccccc2c1C(=O)COC(=O)CCCc1c[nH]c2ccccc12. The van der Waals surface area contributed by atoms with Gasteiger partial charge < -0.3 is 14.7 Å². The average molecular weight is 374 g/mol. The standard InChI is InChI=1S/C23H22N2O3/c1-15-23(18-9-3-5-11-20(18)25-15)21(26)14-28-22(27)12-6-7-16-13-24-19-10-4-2-8-17(16)19/h2-5,8-11,13,24-25H,6-7,12,14H2,1H3. The molecule has 0 aliphatic carbocycles. The predicted molar refractivity (Wildman–Crippen MR) is 110 cm³/mol. The molecule has 0 unspecified atom stereocenters. The second-order valence-corrected chi connectivity index (χ2v) is 6.97. The molecule has 28 heavy (non-hydrogen) atoms. The van der Waals surface area contributed by atoms with Crippen molar-refractivity contribution in [1.29, 1.82) is 0 Å². The lowest BCUT2D eigenvalue weighted by molar-refractivity contribution is -0.142. The third-order valence-electron chi connectivity index (χ3n) is 5.04. The molecule has 0 saturated carbocycles. The number of H-pyrrole nitrogens is 2. The van der Waals surface area contributed by atoms with Gasteiger partial charge in [-0.2, -0.15) is 0 Å². The van der Waals surface area contributed by atoms with E-state index < -0.39 is 0 Å². The van der Waals surface area contributed by atoms with E-state index >= 15 is 0 Å². The molecule has 0 aliphatic heterocycles. The first kappa shape index (κ1) is 18.0. The number of benzene rings is 2. The Morgan fingerprint density at radius 1 is 0.964 bits per heavy atom. The van der Waals surface area contributed by atoms with E-state index in [0.29, 0.717) is 18.4 Å². The Kier molecular flexibility index (Phi) is 4.98. The summed E-state index contributed by atoms with van der Waals surface area (Å²) in [7, 11) is 0. The lowest BCUT2D eigenvalue weighted by Crippen LogP contribution is -2.14. The minimum Gasteiger partial charge on any atom is -0.457 e. The molecule has 4 aromatic rings. The number of rotatable bonds is 7. The van der Waals surface area contributed by atoms with E-state index in [9.17, 15) is 9.59 Å². The number of aromatic nitrogens is 2. The Morgan fingerprint density at radius 3 is 2.50 bits per heavy atom. The minimum atomic E-state index is -0.342. The molecular weight excluding hydrogens is 352 g/mol. The van der Waals surface area contributed by atoms with Crippen molar-refractivity contribution in [3.63, 3.8) is 0 Å². The molecule has 0 saturated heterocycles. The van der Waals surface area contributed by atoms with Gasteiger partial charge in [-0.3, -0.25) is 9.59 Å². The van der Waals surface area contributed by atoms with Gasteiger partial charge in [-0.05, 0) is 37.5 Å². The van der Waals surface area contributed by atoms with Gasteiger partial charge in [0.25, 0.3) is 0 Å². The van der Waals surface area contributed by atoms with E-state index in [-0.39, 0.29) is 18.4 Å². The summed E-state index contributed by atoms with van der Waals surface area (Å²) in [5.41, 5.74) is 4.59. The Morgan fingerprint density at radius 2 is 1.68 bits per heavy atom. The Bertz CT molecular complexity index is 1150. The normalized spacial score (nSPS) is 11.2. The van der Waals surface area contributed by atoms with Crippen LogP contribution >= 0.6 is 0 Å². The lowest BCUT2D eigenvalue weighted by atomic mass is 10.1. The van der Waals surface area contributed by atoms with Crippen molar-refractivity contribution in [3.8, 4) is 0 Å². The number of hydrogen-bond donors (Lipinski definition) is 2. The molecule has 2 heterocycles. The van der Waals surface area contributed by atoms with Gasteiger partial charge in [0.15, 0.2) is 6.61 Å². The Hall–Kier alpha value is -3.34. The van der Waals surface area contributed by atoms with E-state index in [0.717, 1.165) is 28.5 Å². The number of para-hydroxylation sites is 2. The molecule has 2 aromatic carbocycles. The van der Waals surface area contributed by atoms with Gasteiger partial charge in [-0.25, -0.2) is 0 Å². The van der Waals surface area contributed by atoms with E-state index in [1.807, 2.05) is 55.6 Å². The van der Waals surface area contributed by atoms with Crippen LogP contribution in [0.2, 0.25) is 0 Å². The number of aromatic amines is 2. The third kappa shape index (κ3) is 3.56. The zero-order valence-electron chi connectivity index (χ0n) is 15.7. The van der Waals surface area contributed by atoms with Gasteiger partial charge in [0, 0.05) is 45.7 Å². The number of nitrogens with one attached hydrogen (secondary N) is 2. The van der Waals surface area contributed by atoms with Crippen molar-refractivity contribution in [2.75, 3.05) is 6.61 Å². The van der Waals surface area contributed by atoms with Crippen LogP contribution in [0.25, 0.3) is 21.8 Å². The molecule has 5 nitrogen and oxygen atoms in total. The maximum atomic E-state index is 12.6.